The van der Waals surface area contributed by atoms with E-state index >= 15 is 0 Å². The minimum absolute atomic E-state index is 0.0494. The molecule has 1 aliphatic heterocycles. The second-order valence-electron chi connectivity index (χ2n) is 8.46. The number of carbonyl (C=O) groups excluding carboxylic acids is 2. The molecule has 2 aromatic carbocycles. The zero-order valence-electron chi connectivity index (χ0n) is 20.6. The van der Waals surface area contributed by atoms with Gasteiger partial charge in [0.25, 0.3) is 5.69 Å². The second-order valence-corrected chi connectivity index (χ2v) is 10.9. The van der Waals surface area contributed by atoms with Crippen molar-refractivity contribution in [1.82, 2.24) is 5.32 Å². The molecule has 2 aromatic rings. The molecule has 1 aliphatic rings. The molecule has 0 bridgehead atoms. The van der Waals surface area contributed by atoms with Gasteiger partial charge in [0.1, 0.15) is 12.3 Å². The number of nitrogens with zero attached hydrogens (tertiary/aromatic N) is 2. The van der Waals surface area contributed by atoms with Crippen molar-refractivity contribution >= 4 is 30.8 Å². The van der Waals surface area contributed by atoms with Crippen molar-refractivity contribution in [1.29, 1.82) is 0 Å². The van der Waals surface area contributed by atoms with Crippen LogP contribution in [0, 0.1) is 10.1 Å². The van der Waals surface area contributed by atoms with E-state index in [0.717, 1.165) is 11.6 Å². The first-order chi connectivity index (χ1) is 18.2. The molecule has 0 spiro atoms. The third-order valence-electron chi connectivity index (χ3n) is 5.75. The molecule has 13 nitrogen and oxygen atoms in total. The van der Waals surface area contributed by atoms with Gasteiger partial charge in [0, 0.05) is 31.7 Å². The van der Waals surface area contributed by atoms with Gasteiger partial charge >= 0.3 is 12.1 Å². The molecule has 206 valence electrons. The van der Waals surface area contributed by atoms with E-state index in [-0.39, 0.29) is 30.7 Å². The van der Waals surface area contributed by atoms with Gasteiger partial charge < -0.3 is 29.1 Å². The summed E-state index contributed by atoms with van der Waals surface area (Å²) in [7, 11) is -4.24. The van der Waals surface area contributed by atoms with E-state index in [1.807, 2.05) is 6.07 Å². The predicted octanol–water partition coefficient (Wildman–Crippen LogP) is 2.90. The first kappa shape index (κ1) is 29.1. The Morgan fingerprint density at radius 2 is 1.87 bits per heavy atom. The average molecular weight is 551 g/mol. The van der Waals surface area contributed by atoms with Gasteiger partial charge in [-0.15, -0.1) is 0 Å². The van der Waals surface area contributed by atoms with E-state index in [0.29, 0.717) is 32.0 Å². The highest BCUT2D eigenvalue weighted by Crippen LogP contribution is 2.55. The Labute approximate surface area is 218 Å². The van der Waals surface area contributed by atoms with Crippen molar-refractivity contribution in [2.45, 2.75) is 25.3 Å². The number of esters is 1. The minimum Gasteiger partial charge on any atom is -0.445 e. The van der Waals surface area contributed by atoms with Gasteiger partial charge in [-0.25, -0.2) is 4.79 Å². The van der Waals surface area contributed by atoms with Crippen LogP contribution in [0.5, 0.6) is 0 Å². The van der Waals surface area contributed by atoms with E-state index in [2.05, 4.69) is 5.32 Å². The van der Waals surface area contributed by atoms with Crippen molar-refractivity contribution in [2.75, 3.05) is 44.1 Å². The highest BCUT2D eigenvalue weighted by molar-refractivity contribution is 7.58. The van der Waals surface area contributed by atoms with E-state index in [9.17, 15) is 34.3 Å². The van der Waals surface area contributed by atoms with Crippen molar-refractivity contribution in [3.05, 3.63) is 69.8 Å². The van der Waals surface area contributed by atoms with Gasteiger partial charge in [0.2, 0.25) is 7.37 Å². The third-order valence-corrected chi connectivity index (χ3v) is 7.77. The van der Waals surface area contributed by atoms with Crippen LogP contribution < -0.4 is 10.2 Å². The summed E-state index contributed by atoms with van der Waals surface area (Å²) in [6, 6.07) is 12.9. The van der Waals surface area contributed by atoms with Crippen LogP contribution in [0.3, 0.4) is 0 Å². The van der Waals surface area contributed by atoms with Crippen molar-refractivity contribution in [3.63, 3.8) is 0 Å². The summed E-state index contributed by atoms with van der Waals surface area (Å²) in [6.45, 7) is 1.37. The number of rotatable bonds is 12. The highest BCUT2D eigenvalue weighted by Gasteiger charge is 2.32. The number of aliphatic hydroxyl groups excluding tert-OH is 1. The molecule has 1 heterocycles. The fraction of sp³-hybridized carbons (Fsp3) is 0.417. The van der Waals surface area contributed by atoms with E-state index < -0.39 is 43.1 Å². The number of carbonyl (C=O) groups is 2. The number of aliphatic hydroxyl groups is 1. The number of hydrogen-bond donors (Lipinski definition) is 3. The lowest BCUT2D eigenvalue weighted by Crippen LogP contribution is -2.36. The molecule has 1 unspecified atom stereocenters. The van der Waals surface area contributed by atoms with Crippen molar-refractivity contribution in [3.8, 4) is 0 Å². The largest absolute Gasteiger partial charge is 0.445 e. The van der Waals surface area contributed by atoms with Crippen LogP contribution in [-0.4, -0.2) is 66.2 Å². The van der Waals surface area contributed by atoms with E-state index in [4.69, 9.17) is 14.2 Å². The monoisotopic (exact) mass is 551 g/mol. The second kappa shape index (κ2) is 13.9. The lowest BCUT2D eigenvalue weighted by molar-refractivity contribution is -0.384. The molecule has 1 saturated heterocycles. The first-order valence-corrected chi connectivity index (χ1v) is 13.8. The number of ether oxygens (including phenoxy) is 3. The Morgan fingerprint density at radius 3 is 2.55 bits per heavy atom. The first-order valence-electron chi connectivity index (χ1n) is 11.9. The lowest BCUT2D eigenvalue weighted by Gasteiger charge is -2.29. The summed E-state index contributed by atoms with van der Waals surface area (Å²) < 4.78 is 27.8. The molecule has 3 N–H and O–H groups in total. The Hall–Kier alpha value is -3.51. The summed E-state index contributed by atoms with van der Waals surface area (Å²) in [5.74, 6) is -2.59. The van der Waals surface area contributed by atoms with Gasteiger partial charge in [-0.2, -0.15) is 0 Å². The molecule has 14 heteroatoms. The van der Waals surface area contributed by atoms with E-state index in [1.165, 1.54) is 12.1 Å². The molecule has 2 atom stereocenters. The van der Waals surface area contributed by atoms with Gasteiger partial charge in [-0.1, -0.05) is 36.4 Å². The Balaban J connectivity index is 1.44. The summed E-state index contributed by atoms with van der Waals surface area (Å²) in [4.78, 5) is 46.7. The number of alkyl carbamates (subject to hydrolysis) is 1. The molecule has 0 radical (unpaired) electrons. The molecular weight excluding hydrogens is 521 g/mol. The van der Waals surface area contributed by atoms with Crippen LogP contribution in [0.25, 0.3) is 0 Å². The Bertz CT molecular complexity index is 1160. The molecule has 1 fully saturated rings. The quantitative estimate of drug-likeness (QED) is 0.116. The molecular formula is C24H30N3O10P. The summed E-state index contributed by atoms with van der Waals surface area (Å²) in [5, 5.41) is 24.4. The van der Waals surface area contributed by atoms with Gasteiger partial charge in [0.05, 0.1) is 18.1 Å². The number of nitro benzene ring substituents is 1. The Kier molecular flexibility index (Phi) is 10.6. The maximum absolute atomic E-state index is 12.7. The summed E-state index contributed by atoms with van der Waals surface area (Å²) in [6.07, 6.45) is -1.53. The molecule has 0 saturated carbocycles. The number of amides is 1. The fourth-order valence-corrected chi connectivity index (χ4v) is 5.23. The molecule has 38 heavy (non-hydrogen) atoms. The zero-order chi connectivity index (χ0) is 27.5. The lowest BCUT2D eigenvalue weighted by atomic mass is 10.1. The van der Waals surface area contributed by atoms with Crippen LogP contribution in [-0.2, 0) is 30.2 Å². The highest BCUT2D eigenvalue weighted by atomic mass is 31.2. The molecule has 3 rings (SSSR count). The van der Waals surface area contributed by atoms with Gasteiger partial charge in [-0.05, 0) is 23.6 Å². The predicted molar refractivity (Wildman–Crippen MR) is 136 cm³/mol. The SMILES string of the molecule is O=C(CCCP(=O)(O)[C@H](O)c1ccc(N2CCOCC2)c([N+](=O)[O-])c1)OCNC(=O)OCc1ccccc1. The van der Waals surface area contributed by atoms with Crippen LogP contribution >= 0.6 is 7.37 Å². The number of hydrogen-bond acceptors (Lipinski definition) is 10. The molecule has 0 aliphatic carbocycles. The maximum Gasteiger partial charge on any atom is 0.410 e. The normalized spacial score (nSPS) is 15.7. The van der Waals surface area contributed by atoms with Gasteiger partial charge in [0.15, 0.2) is 12.6 Å². The molecule has 1 amide bonds. The van der Waals surface area contributed by atoms with Crippen LogP contribution in [0.1, 0.15) is 29.8 Å². The fourth-order valence-electron chi connectivity index (χ4n) is 3.75. The summed E-state index contributed by atoms with van der Waals surface area (Å²) in [5.41, 5.74) is 0.766. The van der Waals surface area contributed by atoms with Crippen LogP contribution in [0.2, 0.25) is 0 Å². The number of nitrogens with one attached hydrogen (secondary N) is 1. The van der Waals surface area contributed by atoms with Crippen molar-refractivity contribution in [2.24, 2.45) is 0 Å². The van der Waals surface area contributed by atoms with Crippen LogP contribution in [0.15, 0.2) is 48.5 Å². The third kappa shape index (κ3) is 8.52. The smallest absolute Gasteiger partial charge is 0.410 e. The van der Waals surface area contributed by atoms with Crippen LogP contribution in [0.4, 0.5) is 16.2 Å². The molecule has 0 aromatic heterocycles. The maximum atomic E-state index is 12.7. The average Bonchev–Trinajstić information content (AvgIpc) is 2.92. The van der Waals surface area contributed by atoms with Gasteiger partial charge in [-0.3, -0.25) is 24.8 Å². The zero-order valence-corrected chi connectivity index (χ0v) is 21.5. The van der Waals surface area contributed by atoms with E-state index in [1.54, 1.807) is 29.2 Å². The number of anilines is 1. The topological polar surface area (TPSA) is 178 Å². The summed E-state index contributed by atoms with van der Waals surface area (Å²) >= 11 is 0. The number of benzene rings is 2. The minimum atomic E-state index is -4.24. The number of nitro groups is 1. The Morgan fingerprint density at radius 1 is 1.16 bits per heavy atom. The van der Waals surface area contributed by atoms with Crippen molar-refractivity contribution < 1.29 is 43.3 Å². The number of morpholine rings is 1. The standard InChI is InChI=1S/C24H30N3O10P/c28-22(37-17-25-24(30)36-16-18-5-2-1-3-6-18)7-4-14-38(33,34)23(29)19-8-9-20(21(15-19)27(31)32)26-10-12-35-13-11-26/h1-3,5-6,8-9,15,23,29H,4,7,10-14,16-17H2,(H,25,30)(H,33,34)/t23-/m0/s1.